The van der Waals surface area contributed by atoms with Crippen LogP contribution in [0.5, 0.6) is 0 Å². The lowest BCUT2D eigenvalue weighted by Gasteiger charge is -2.20. The second kappa shape index (κ2) is 8.63. The van der Waals surface area contributed by atoms with E-state index in [9.17, 15) is 5.11 Å². The standard InChI is InChI=1S/C14H27N5O2/c1-5-15-13(16-7-8-21-6-2)17-11-14(3,20)12-9-18-19(4)10-12/h9-10,20H,5-8,11H2,1-4H3,(H2,15,16,17). The van der Waals surface area contributed by atoms with Crippen LogP contribution in [0.1, 0.15) is 26.3 Å². The molecule has 1 atom stereocenters. The normalized spacial score (nSPS) is 14.8. The molecule has 1 heterocycles. The van der Waals surface area contributed by atoms with Gasteiger partial charge in [-0.1, -0.05) is 0 Å². The van der Waals surface area contributed by atoms with Crippen molar-refractivity contribution in [2.24, 2.45) is 12.0 Å². The summed E-state index contributed by atoms with van der Waals surface area (Å²) in [6, 6.07) is 0. The first kappa shape index (κ1) is 17.5. The largest absolute Gasteiger partial charge is 0.383 e. The summed E-state index contributed by atoms with van der Waals surface area (Å²) in [4.78, 5) is 4.42. The predicted molar refractivity (Wildman–Crippen MR) is 83.3 cm³/mol. The minimum Gasteiger partial charge on any atom is -0.383 e. The van der Waals surface area contributed by atoms with Gasteiger partial charge in [-0.05, 0) is 20.8 Å². The second-order valence-electron chi connectivity index (χ2n) is 5.00. The van der Waals surface area contributed by atoms with Crippen molar-refractivity contribution in [1.29, 1.82) is 0 Å². The molecule has 7 heteroatoms. The molecule has 0 radical (unpaired) electrons. The topological polar surface area (TPSA) is 83.7 Å². The fraction of sp³-hybridized carbons (Fsp3) is 0.714. The molecule has 120 valence electrons. The summed E-state index contributed by atoms with van der Waals surface area (Å²) in [5, 5.41) is 20.9. The summed E-state index contributed by atoms with van der Waals surface area (Å²) in [7, 11) is 1.82. The van der Waals surface area contributed by atoms with E-state index in [0.29, 0.717) is 25.7 Å². The highest BCUT2D eigenvalue weighted by Gasteiger charge is 2.24. The molecule has 0 aliphatic heterocycles. The summed E-state index contributed by atoms with van der Waals surface area (Å²) < 4.78 is 6.94. The molecule has 0 aliphatic rings. The quantitative estimate of drug-likeness (QED) is 0.363. The Bertz CT molecular complexity index is 442. The molecule has 0 spiro atoms. The lowest BCUT2D eigenvalue weighted by molar-refractivity contribution is 0.0671. The van der Waals surface area contributed by atoms with Crippen LogP contribution >= 0.6 is 0 Å². The number of nitrogens with one attached hydrogen (secondary N) is 2. The third-order valence-electron chi connectivity index (χ3n) is 2.96. The maximum atomic E-state index is 10.5. The molecule has 0 fully saturated rings. The Balaban J connectivity index is 2.59. The number of ether oxygens (including phenoxy) is 1. The average molecular weight is 297 g/mol. The number of guanidine groups is 1. The van der Waals surface area contributed by atoms with Gasteiger partial charge in [-0.3, -0.25) is 4.68 Å². The van der Waals surface area contributed by atoms with Crippen molar-refractivity contribution < 1.29 is 9.84 Å². The first-order valence-electron chi connectivity index (χ1n) is 7.31. The zero-order valence-electron chi connectivity index (χ0n) is 13.4. The lowest BCUT2D eigenvalue weighted by atomic mass is 10.0. The van der Waals surface area contributed by atoms with Gasteiger partial charge in [-0.15, -0.1) is 0 Å². The molecule has 1 unspecified atom stereocenters. The average Bonchev–Trinajstić information content (AvgIpc) is 2.88. The van der Waals surface area contributed by atoms with Crippen molar-refractivity contribution in [3.63, 3.8) is 0 Å². The summed E-state index contributed by atoms with van der Waals surface area (Å²) >= 11 is 0. The second-order valence-corrected chi connectivity index (χ2v) is 5.00. The van der Waals surface area contributed by atoms with Crippen LogP contribution in [0, 0.1) is 0 Å². The van der Waals surface area contributed by atoms with E-state index in [4.69, 9.17) is 4.74 Å². The number of aliphatic imine (C=N–C) groups is 1. The van der Waals surface area contributed by atoms with Gasteiger partial charge in [-0.25, -0.2) is 4.99 Å². The summed E-state index contributed by atoms with van der Waals surface area (Å²) in [5.41, 5.74) is -0.296. The van der Waals surface area contributed by atoms with Crippen molar-refractivity contribution in [2.75, 3.05) is 32.8 Å². The highest BCUT2D eigenvalue weighted by molar-refractivity contribution is 5.79. The van der Waals surface area contributed by atoms with Crippen molar-refractivity contribution in [3.8, 4) is 0 Å². The highest BCUT2D eigenvalue weighted by atomic mass is 16.5. The zero-order valence-corrected chi connectivity index (χ0v) is 13.4. The maximum Gasteiger partial charge on any atom is 0.191 e. The Morgan fingerprint density at radius 2 is 2.24 bits per heavy atom. The fourth-order valence-corrected chi connectivity index (χ4v) is 1.75. The first-order valence-corrected chi connectivity index (χ1v) is 7.31. The molecule has 3 N–H and O–H groups in total. The smallest absolute Gasteiger partial charge is 0.191 e. The van der Waals surface area contributed by atoms with Crippen LogP contribution in [0.3, 0.4) is 0 Å². The number of nitrogens with zero attached hydrogens (tertiary/aromatic N) is 3. The number of hydrogen-bond donors (Lipinski definition) is 3. The Morgan fingerprint density at radius 3 is 2.81 bits per heavy atom. The van der Waals surface area contributed by atoms with Crippen molar-refractivity contribution in [2.45, 2.75) is 26.4 Å². The van der Waals surface area contributed by atoms with Crippen LogP contribution in [-0.2, 0) is 17.4 Å². The minimum absolute atomic E-state index is 0.253. The highest BCUT2D eigenvalue weighted by Crippen LogP contribution is 2.19. The molecule has 7 nitrogen and oxygen atoms in total. The number of hydrogen-bond acceptors (Lipinski definition) is 4. The molecule has 0 aromatic carbocycles. The minimum atomic E-state index is -1.05. The molecule has 0 saturated heterocycles. The number of aliphatic hydroxyl groups is 1. The zero-order chi connectivity index (χ0) is 15.7. The van der Waals surface area contributed by atoms with Crippen LogP contribution in [0.15, 0.2) is 17.4 Å². The Labute approximate surface area is 126 Å². The van der Waals surface area contributed by atoms with E-state index >= 15 is 0 Å². The van der Waals surface area contributed by atoms with Crippen molar-refractivity contribution in [1.82, 2.24) is 20.4 Å². The van der Waals surface area contributed by atoms with E-state index in [-0.39, 0.29) is 6.54 Å². The fourth-order valence-electron chi connectivity index (χ4n) is 1.75. The molecule has 0 amide bonds. The van der Waals surface area contributed by atoms with Crippen molar-refractivity contribution in [3.05, 3.63) is 18.0 Å². The molecule has 1 aromatic heterocycles. The van der Waals surface area contributed by atoms with E-state index in [1.165, 1.54) is 0 Å². The summed E-state index contributed by atoms with van der Waals surface area (Å²) in [6.07, 6.45) is 3.45. The van der Waals surface area contributed by atoms with Gasteiger partial charge in [0.05, 0.1) is 19.3 Å². The molecule has 0 saturated carbocycles. The molecule has 1 aromatic rings. The molecule has 0 bridgehead atoms. The van der Waals surface area contributed by atoms with Crippen LogP contribution in [0.25, 0.3) is 0 Å². The van der Waals surface area contributed by atoms with E-state index in [0.717, 1.165) is 12.1 Å². The van der Waals surface area contributed by atoms with Gasteiger partial charge in [0.2, 0.25) is 0 Å². The van der Waals surface area contributed by atoms with E-state index in [2.05, 4.69) is 20.7 Å². The Kier molecular flexibility index (Phi) is 7.18. The van der Waals surface area contributed by atoms with Crippen LogP contribution in [0.4, 0.5) is 0 Å². The molecule has 0 aliphatic carbocycles. The monoisotopic (exact) mass is 297 g/mol. The van der Waals surface area contributed by atoms with Gasteiger partial charge in [0.15, 0.2) is 5.96 Å². The van der Waals surface area contributed by atoms with Gasteiger partial charge >= 0.3 is 0 Å². The van der Waals surface area contributed by atoms with E-state index in [1.807, 2.05) is 20.9 Å². The van der Waals surface area contributed by atoms with Gasteiger partial charge in [0, 0.05) is 38.5 Å². The Hall–Kier alpha value is -1.60. The molecular weight excluding hydrogens is 270 g/mol. The first-order chi connectivity index (χ1) is 9.99. The number of aryl methyl sites for hydroxylation is 1. The SMILES string of the molecule is CCNC(=NCC(C)(O)c1cnn(C)c1)NCCOCC. The van der Waals surface area contributed by atoms with Gasteiger partial charge in [-0.2, -0.15) is 5.10 Å². The number of rotatable bonds is 8. The van der Waals surface area contributed by atoms with Crippen LogP contribution in [0.2, 0.25) is 0 Å². The van der Waals surface area contributed by atoms with Crippen LogP contribution in [-0.4, -0.2) is 53.7 Å². The lowest BCUT2D eigenvalue weighted by Crippen LogP contribution is -2.40. The molecular formula is C14H27N5O2. The van der Waals surface area contributed by atoms with Gasteiger partial charge < -0.3 is 20.5 Å². The summed E-state index contributed by atoms with van der Waals surface area (Å²) in [5.74, 6) is 0.668. The third-order valence-corrected chi connectivity index (χ3v) is 2.96. The van der Waals surface area contributed by atoms with Gasteiger partial charge in [0.25, 0.3) is 0 Å². The maximum absolute atomic E-state index is 10.5. The third kappa shape index (κ3) is 6.14. The number of aromatic nitrogens is 2. The van der Waals surface area contributed by atoms with Crippen molar-refractivity contribution >= 4 is 5.96 Å². The molecule has 1 rings (SSSR count). The summed E-state index contributed by atoms with van der Waals surface area (Å²) in [6.45, 7) is 8.71. The van der Waals surface area contributed by atoms with Gasteiger partial charge in [0.1, 0.15) is 5.60 Å². The molecule has 21 heavy (non-hydrogen) atoms. The van der Waals surface area contributed by atoms with Crippen LogP contribution < -0.4 is 10.6 Å². The van der Waals surface area contributed by atoms with E-state index < -0.39 is 5.60 Å². The van der Waals surface area contributed by atoms with E-state index in [1.54, 1.807) is 24.0 Å². The Morgan fingerprint density at radius 1 is 1.48 bits per heavy atom. The predicted octanol–water partition coefficient (Wildman–Crippen LogP) is 0.219.